The van der Waals surface area contributed by atoms with Gasteiger partial charge in [-0.2, -0.15) is 0 Å². The van der Waals surface area contributed by atoms with Crippen molar-refractivity contribution in [3.05, 3.63) is 30.0 Å². The number of aliphatic hydroxyl groups excluding tert-OH is 1. The van der Waals surface area contributed by atoms with Gasteiger partial charge in [0.1, 0.15) is 17.6 Å². The van der Waals surface area contributed by atoms with Crippen molar-refractivity contribution in [1.29, 1.82) is 0 Å². The Morgan fingerprint density at radius 2 is 2.03 bits per heavy atom. The van der Waals surface area contributed by atoms with E-state index in [2.05, 4.69) is 16.0 Å². The summed E-state index contributed by atoms with van der Waals surface area (Å²) in [5.41, 5.74) is 1.88. The van der Waals surface area contributed by atoms with Crippen LogP contribution in [0.3, 0.4) is 0 Å². The minimum Gasteiger partial charge on any atom is -0.497 e. The molecule has 5 rings (SSSR count). The van der Waals surface area contributed by atoms with E-state index in [1.54, 1.807) is 7.11 Å². The smallest absolute Gasteiger partial charge is 0.251 e. The maximum Gasteiger partial charge on any atom is 0.251 e. The largest absolute Gasteiger partial charge is 0.497 e. The quantitative estimate of drug-likeness (QED) is 0.376. The Bertz CT molecular complexity index is 1120. The molecule has 4 atom stereocenters. The molecule has 3 aliphatic rings. The molecule has 3 fully saturated rings. The number of carbonyl (C=O) groups excluding carboxylic acids is 2. The number of amides is 2. The number of benzene rings is 1. The van der Waals surface area contributed by atoms with Crippen molar-refractivity contribution in [2.45, 2.75) is 88.1 Å². The fourth-order valence-electron chi connectivity index (χ4n) is 4.78. The molecule has 194 valence electrons. The molecule has 1 aromatic carbocycles. The first-order valence-corrected chi connectivity index (χ1v) is 13.1. The number of nitrogens with zero attached hydrogens (tertiary/aromatic N) is 1. The highest BCUT2D eigenvalue weighted by Gasteiger charge is 2.36. The number of rotatable bonds is 11. The first-order chi connectivity index (χ1) is 17.4. The lowest BCUT2D eigenvalue weighted by molar-refractivity contribution is -0.132. The minimum absolute atomic E-state index is 0.158. The molecule has 1 aliphatic heterocycles. The predicted molar refractivity (Wildman–Crippen MR) is 135 cm³/mol. The molecule has 0 radical (unpaired) electrons. The third kappa shape index (κ3) is 5.73. The van der Waals surface area contributed by atoms with Crippen molar-refractivity contribution >= 4 is 22.7 Å². The van der Waals surface area contributed by atoms with E-state index >= 15 is 0 Å². The molecule has 2 saturated carbocycles. The van der Waals surface area contributed by atoms with Crippen LogP contribution in [0.25, 0.3) is 10.9 Å². The van der Waals surface area contributed by atoms with Gasteiger partial charge < -0.3 is 30.5 Å². The molecule has 1 unspecified atom stereocenters. The van der Waals surface area contributed by atoms with Crippen LogP contribution in [0.15, 0.2) is 24.3 Å². The van der Waals surface area contributed by atoms with Gasteiger partial charge in [-0.3, -0.25) is 14.6 Å². The van der Waals surface area contributed by atoms with Crippen molar-refractivity contribution in [2.24, 2.45) is 0 Å². The van der Waals surface area contributed by atoms with Crippen LogP contribution in [0.2, 0.25) is 0 Å². The molecule has 0 spiro atoms. The summed E-state index contributed by atoms with van der Waals surface area (Å²) in [6, 6.07) is 6.90. The lowest BCUT2D eigenvalue weighted by atomic mass is 10.0. The van der Waals surface area contributed by atoms with Crippen LogP contribution in [0.4, 0.5) is 0 Å². The van der Waals surface area contributed by atoms with Crippen LogP contribution >= 0.6 is 0 Å². The van der Waals surface area contributed by atoms with Crippen LogP contribution in [0.5, 0.6) is 11.5 Å². The molecule has 2 amide bonds. The van der Waals surface area contributed by atoms with E-state index in [1.165, 1.54) is 0 Å². The molecule has 2 aliphatic carbocycles. The van der Waals surface area contributed by atoms with Gasteiger partial charge in [-0.1, -0.05) is 13.3 Å². The van der Waals surface area contributed by atoms with E-state index in [0.29, 0.717) is 25.3 Å². The van der Waals surface area contributed by atoms with Gasteiger partial charge in [-0.15, -0.1) is 0 Å². The summed E-state index contributed by atoms with van der Waals surface area (Å²) in [5, 5.41) is 20.4. The van der Waals surface area contributed by atoms with E-state index in [4.69, 9.17) is 14.5 Å². The highest BCUT2D eigenvalue weighted by atomic mass is 16.5. The van der Waals surface area contributed by atoms with Crippen molar-refractivity contribution in [1.82, 2.24) is 20.9 Å². The number of ether oxygens (including phenoxy) is 2. The highest BCUT2D eigenvalue weighted by Crippen LogP contribution is 2.42. The lowest BCUT2D eigenvalue weighted by Gasteiger charge is -2.24. The average molecular weight is 497 g/mol. The molecule has 0 bridgehead atoms. The first kappa shape index (κ1) is 24.8. The Kier molecular flexibility index (Phi) is 7.29. The van der Waals surface area contributed by atoms with Crippen molar-refractivity contribution in [3.63, 3.8) is 0 Å². The van der Waals surface area contributed by atoms with Gasteiger partial charge in [0, 0.05) is 48.1 Å². The Labute approximate surface area is 211 Å². The number of methoxy groups -OCH3 is 1. The number of nitrogens with one attached hydrogen (secondary N) is 3. The Morgan fingerprint density at radius 1 is 1.22 bits per heavy atom. The van der Waals surface area contributed by atoms with Gasteiger partial charge in [-0.05, 0) is 44.2 Å². The fourth-order valence-corrected chi connectivity index (χ4v) is 4.78. The van der Waals surface area contributed by atoms with Gasteiger partial charge in [-0.25, -0.2) is 0 Å². The second kappa shape index (κ2) is 10.6. The number of fused-ring (bicyclic) bond motifs is 1. The second-order valence-corrected chi connectivity index (χ2v) is 10.3. The lowest BCUT2D eigenvalue weighted by Crippen LogP contribution is -2.54. The summed E-state index contributed by atoms with van der Waals surface area (Å²) in [6.45, 7) is 2.49. The van der Waals surface area contributed by atoms with Crippen molar-refractivity contribution in [3.8, 4) is 11.5 Å². The summed E-state index contributed by atoms with van der Waals surface area (Å²) in [4.78, 5) is 30.2. The van der Waals surface area contributed by atoms with E-state index in [1.807, 2.05) is 31.2 Å². The minimum atomic E-state index is -1.26. The molecule has 2 aromatic rings. The monoisotopic (exact) mass is 496 g/mol. The van der Waals surface area contributed by atoms with Gasteiger partial charge >= 0.3 is 0 Å². The van der Waals surface area contributed by atoms with E-state index in [-0.39, 0.29) is 18.1 Å². The van der Waals surface area contributed by atoms with Gasteiger partial charge in [0.25, 0.3) is 5.91 Å². The fraction of sp³-hybridized carbons (Fsp3) is 0.593. The van der Waals surface area contributed by atoms with E-state index in [9.17, 15) is 14.7 Å². The summed E-state index contributed by atoms with van der Waals surface area (Å²) >= 11 is 0. The number of carbonyl (C=O) groups is 2. The molecular formula is C27H36N4O5. The summed E-state index contributed by atoms with van der Waals surface area (Å²) in [6.07, 6.45) is 4.47. The summed E-state index contributed by atoms with van der Waals surface area (Å²) in [7, 11) is 1.64. The maximum atomic E-state index is 13.0. The van der Waals surface area contributed by atoms with Crippen molar-refractivity contribution < 1.29 is 24.2 Å². The third-order valence-corrected chi connectivity index (χ3v) is 7.20. The zero-order valence-corrected chi connectivity index (χ0v) is 21.0. The molecule has 9 nitrogen and oxygen atoms in total. The second-order valence-electron chi connectivity index (χ2n) is 10.3. The topological polar surface area (TPSA) is 122 Å². The molecule has 36 heavy (non-hydrogen) atoms. The zero-order valence-electron chi connectivity index (χ0n) is 21.0. The Morgan fingerprint density at radius 3 is 2.72 bits per heavy atom. The van der Waals surface area contributed by atoms with E-state index in [0.717, 1.165) is 60.2 Å². The van der Waals surface area contributed by atoms with Crippen molar-refractivity contribution in [2.75, 3.05) is 13.7 Å². The van der Waals surface area contributed by atoms with E-state index < -0.39 is 24.1 Å². The average Bonchev–Trinajstić information content (AvgIpc) is 3.82. The highest BCUT2D eigenvalue weighted by molar-refractivity contribution is 5.87. The number of aromatic nitrogens is 1. The van der Waals surface area contributed by atoms with Gasteiger partial charge in [0.05, 0.1) is 24.7 Å². The Balaban J connectivity index is 1.23. The van der Waals surface area contributed by atoms with Crippen LogP contribution in [-0.4, -0.2) is 65.9 Å². The maximum absolute atomic E-state index is 13.0. The Hall–Kier alpha value is -2.91. The normalized spacial score (nSPS) is 23.2. The van der Waals surface area contributed by atoms with Crippen LogP contribution in [-0.2, 0) is 9.59 Å². The van der Waals surface area contributed by atoms with Crippen LogP contribution in [0.1, 0.15) is 63.5 Å². The summed E-state index contributed by atoms with van der Waals surface area (Å²) in [5.74, 6) is 1.36. The van der Waals surface area contributed by atoms with Crippen LogP contribution in [0, 0.1) is 0 Å². The number of hydrogen-bond donors (Lipinski definition) is 4. The SMILES string of the molecule is CCC[C@H](NC(=O)[C@@H]1C[C@@H](Oc2cc(C3CC3)nc3cc(OC)ccc23)CN1)C(O)C(=O)NC1CC1. The third-order valence-electron chi connectivity index (χ3n) is 7.20. The number of aliphatic hydroxyl groups is 1. The molecule has 9 heteroatoms. The van der Waals surface area contributed by atoms with Gasteiger partial charge in [0.2, 0.25) is 5.91 Å². The molecule has 4 N–H and O–H groups in total. The van der Waals surface area contributed by atoms with Crippen LogP contribution < -0.4 is 25.4 Å². The molecule has 2 heterocycles. The number of hydrogen-bond acceptors (Lipinski definition) is 7. The first-order valence-electron chi connectivity index (χ1n) is 13.1. The standard InChI is InChI=1S/C27H36N4O5/c1-3-4-20(25(32)27(34)29-16-7-8-16)31-26(33)23-12-18(14-28-23)36-24-13-21(15-5-6-15)30-22-11-17(35-2)9-10-19(22)24/h9-11,13,15-16,18,20,23,25,28,32H,3-8,12,14H2,1-2H3,(H,29,34)(H,31,33)/t18-,20+,23+,25?/m1/s1. The van der Waals surface area contributed by atoms with Gasteiger partial charge in [0.15, 0.2) is 6.10 Å². The predicted octanol–water partition coefficient (Wildman–Crippen LogP) is 2.15. The number of pyridine rings is 1. The molecular weight excluding hydrogens is 460 g/mol. The zero-order chi connectivity index (χ0) is 25.2. The molecule has 1 saturated heterocycles. The molecule has 1 aromatic heterocycles. The summed E-state index contributed by atoms with van der Waals surface area (Å²) < 4.78 is 11.8.